The molecule has 1 N–H and O–H groups in total. The summed E-state index contributed by atoms with van der Waals surface area (Å²) in [7, 11) is 0. The summed E-state index contributed by atoms with van der Waals surface area (Å²) in [5.41, 5.74) is 3.26. The topological polar surface area (TPSA) is 42.2 Å². The summed E-state index contributed by atoms with van der Waals surface area (Å²) in [6.45, 7) is 4.02. The molecule has 1 atom stereocenters. The minimum Gasteiger partial charge on any atom is -0.481 e. The third-order valence-electron chi connectivity index (χ3n) is 2.93. The van der Waals surface area contributed by atoms with Crippen molar-refractivity contribution in [3.63, 3.8) is 0 Å². The molecule has 0 radical (unpaired) electrons. The lowest BCUT2D eigenvalue weighted by Gasteiger charge is -2.20. The minimum atomic E-state index is -0.770. The zero-order chi connectivity index (χ0) is 12.4. The van der Waals surface area contributed by atoms with Crippen LogP contribution in [0.2, 0.25) is 0 Å². The molecule has 0 bridgehead atoms. The second-order valence-corrected chi connectivity index (χ2v) is 4.94. The van der Waals surface area contributed by atoms with E-state index in [0.29, 0.717) is 0 Å². The Labute approximate surface area is 104 Å². The first-order chi connectivity index (χ1) is 8.09. The average molecular weight is 249 g/mol. The van der Waals surface area contributed by atoms with Gasteiger partial charge >= 0.3 is 5.97 Å². The van der Waals surface area contributed by atoms with Crippen LogP contribution < -0.4 is 0 Å². The van der Waals surface area contributed by atoms with Crippen molar-refractivity contribution in [3.8, 4) is 0 Å². The fraction of sp³-hybridized carbons (Fsp3) is 0.308. The maximum absolute atomic E-state index is 11.0. The molecule has 3 nitrogen and oxygen atoms in total. The highest BCUT2D eigenvalue weighted by Crippen LogP contribution is 2.27. The summed E-state index contributed by atoms with van der Waals surface area (Å²) in [5.74, 6) is -0.770. The van der Waals surface area contributed by atoms with Crippen LogP contribution in [0.1, 0.15) is 29.4 Å². The summed E-state index contributed by atoms with van der Waals surface area (Å²) in [6, 6.07) is 5.94. The van der Waals surface area contributed by atoms with Gasteiger partial charge in [-0.1, -0.05) is 0 Å². The smallest absolute Gasteiger partial charge is 0.305 e. The number of aromatic nitrogens is 1. The zero-order valence-electron chi connectivity index (χ0n) is 9.88. The molecule has 0 aliphatic heterocycles. The molecular weight excluding hydrogens is 234 g/mol. The van der Waals surface area contributed by atoms with Gasteiger partial charge in [-0.2, -0.15) is 11.3 Å². The van der Waals surface area contributed by atoms with Gasteiger partial charge in [0.15, 0.2) is 0 Å². The van der Waals surface area contributed by atoms with Gasteiger partial charge in [-0.25, -0.2) is 0 Å². The van der Waals surface area contributed by atoms with E-state index in [2.05, 4.69) is 4.57 Å². The van der Waals surface area contributed by atoms with Gasteiger partial charge in [0.1, 0.15) is 0 Å². The summed E-state index contributed by atoms with van der Waals surface area (Å²) in [5, 5.41) is 13.1. The van der Waals surface area contributed by atoms with Gasteiger partial charge in [-0.3, -0.25) is 4.79 Å². The summed E-state index contributed by atoms with van der Waals surface area (Å²) < 4.78 is 2.09. The van der Waals surface area contributed by atoms with Crippen LogP contribution in [-0.4, -0.2) is 15.6 Å². The molecule has 0 unspecified atom stereocenters. The van der Waals surface area contributed by atoms with E-state index in [4.69, 9.17) is 5.11 Å². The van der Waals surface area contributed by atoms with E-state index in [-0.39, 0.29) is 12.5 Å². The summed E-state index contributed by atoms with van der Waals surface area (Å²) in [4.78, 5) is 11.0. The highest BCUT2D eigenvalue weighted by atomic mass is 32.1. The van der Waals surface area contributed by atoms with Gasteiger partial charge in [0.05, 0.1) is 12.5 Å². The number of carbonyl (C=O) groups is 1. The van der Waals surface area contributed by atoms with Crippen molar-refractivity contribution in [1.82, 2.24) is 4.57 Å². The van der Waals surface area contributed by atoms with E-state index in [1.54, 1.807) is 11.3 Å². The molecule has 90 valence electrons. The molecule has 0 fully saturated rings. The fourth-order valence-corrected chi connectivity index (χ4v) is 2.87. The molecule has 0 aliphatic rings. The third kappa shape index (κ3) is 2.42. The number of rotatable bonds is 4. The molecule has 0 saturated carbocycles. The second kappa shape index (κ2) is 4.75. The number of carboxylic acids is 1. The molecule has 17 heavy (non-hydrogen) atoms. The zero-order valence-corrected chi connectivity index (χ0v) is 10.7. The molecule has 0 aromatic carbocycles. The van der Waals surface area contributed by atoms with Crippen LogP contribution in [0.3, 0.4) is 0 Å². The van der Waals surface area contributed by atoms with Crippen molar-refractivity contribution >= 4 is 17.3 Å². The lowest BCUT2D eigenvalue weighted by molar-refractivity contribution is -0.137. The Morgan fingerprint density at radius 3 is 2.47 bits per heavy atom. The van der Waals surface area contributed by atoms with Crippen LogP contribution in [0.15, 0.2) is 29.0 Å². The SMILES string of the molecule is Cc1ccc(C)n1[C@@H](CC(=O)O)c1ccsc1. The quantitative estimate of drug-likeness (QED) is 0.904. The molecule has 0 saturated heterocycles. The Morgan fingerprint density at radius 1 is 1.35 bits per heavy atom. The molecule has 0 amide bonds. The molecule has 4 heteroatoms. The minimum absolute atomic E-state index is 0.103. The summed E-state index contributed by atoms with van der Waals surface area (Å²) >= 11 is 1.60. The number of hydrogen-bond acceptors (Lipinski definition) is 2. The second-order valence-electron chi connectivity index (χ2n) is 4.16. The third-order valence-corrected chi connectivity index (χ3v) is 3.63. The van der Waals surface area contributed by atoms with E-state index < -0.39 is 5.97 Å². The van der Waals surface area contributed by atoms with Crippen LogP contribution in [-0.2, 0) is 4.79 Å². The lowest BCUT2D eigenvalue weighted by Crippen LogP contribution is -2.16. The largest absolute Gasteiger partial charge is 0.481 e. The normalized spacial score (nSPS) is 12.6. The first-order valence-electron chi connectivity index (χ1n) is 5.48. The van der Waals surface area contributed by atoms with Crippen molar-refractivity contribution in [1.29, 1.82) is 0 Å². The Bertz CT molecular complexity index is 494. The first-order valence-corrected chi connectivity index (χ1v) is 6.42. The number of carboxylic acid groups (broad SMARTS) is 1. The Balaban J connectivity index is 2.44. The molecule has 0 spiro atoms. The van der Waals surface area contributed by atoms with Crippen LogP contribution in [0, 0.1) is 13.8 Å². The average Bonchev–Trinajstić information content (AvgIpc) is 2.86. The Hall–Kier alpha value is -1.55. The molecule has 2 heterocycles. The van der Waals surface area contributed by atoms with Crippen molar-refractivity contribution in [2.75, 3.05) is 0 Å². The van der Waals surface area contributed by atoms with Gasteiger partial charge in [-0.05, 0) is 48.4 Å². The van der Waals surface area contributed by atoms with E-state index in [9.17, 15) is 4.79 Å². The molecular formula is C13H15NO2S. The maximum Gasteiger partial charge on any atom is 0.305 e. The maximum atomic E-state index is 11.0. The molecule has 2 rings (SSSR count). The highest BCUT2D eigenvalue weighted by Gasteiger charge is 2.20. The number of aryl methyl sites for hydroxylation is 2. The van der Waals surface area contributed by atoms with E-state index in [1.165, 1.54) is 0 Å². The van der Waals surface area contributed by atoms with Gasteiger partial charge in [0.25, 0.3) is 0 Å². The predicted octanol–water partition coefficient (Wildman–Crippen LogP) is 3.23. The fourth-order valence-electron chi connectivity index (χ4n) is 2.16. The standard InChI is InChI=1S/C13H15NO2S/c1-9-3-4-10(2)14(9)12(7-13(15)16)11-5-6-17-8-11/h3-6,8,12H,7H2,1-2H3,(H,15,16)/t12-/m0/s1. The first kappa shape index (κ1) is 11.9. The number of thiophene rings is 1. The highest BCUT2D eigenvalue weighted by molar-refractivity contribution is 7.07. The number of hydrogen-bond donors (Lipinski definition) is 1. The van der Waals surface area contributed by atoms with E-state index in [0.717, 1.165) is 17.0 Å². The van der Waals surface area contributed by atoms with Gasteiger partial charge in [0.2, 0.25) is 0 Å². The lowest BCUT2D eigenvalue weighted by atomic mass is 10.1. The van der Waals surface area contributed by atoms with Crippen LogP contribution in [0.4, 0.5) is 0 Å². The Morgan fingerprint density at radius 2 is 2.00 bits per heavy atom. The van der Waals surface area contributed by atoms with Gasteiger partial charge in [-0.15, -0.1) is 0 Å². The van der Waals surface area contributed by atoms with Crippen molar-refractivity contribution in [2.24, 2.45) is 0 Å². The molecule has 2 aromatic rings. The predicted molar refractivity (Wildman–Crippen MR) is 68.6 cm³/mol. The van der Waals surface area contributed by atoms with Gasteiger partial charge in [0, 0.05) is 11.4 Å². The number of aliphatic carboxylic acids is 1. The summed E-state index contributed by atoms with van der Waals surface area (Å²) in [6.07, 6.45) is 0.118. The number of nitrogens with zero attached hydrogens (tertiary/aromatic N) is 1. The van der Waals surface area contributed by atoms with Crippen LogP contribution in [0.5, 0.6) is 0 Å². The van der Waals surface area contributed by atoms with E-state index >= 15 is 0 Å². The Kier molecular flexibility index (Phi) is 3.33. The van der Waals surface area contributed by atoms with Crippen molar-refractivity contribution in [2.45, 2.75) is 26.3 Å². The van der Waals surface area contributed by atoms with Crippen molar-refractivity contribution in [3.05, 3.63) is 45.9 Å². The molecule has 2 aromatic heterocycles. The van der Waals surface area contributed by atoms with E-state index in [1.807, 2.05) is 42.8 Å². The molecule has 0 aliphatic carbocycles. The van der Waals surface area contributed by atoms with Crippen LogP contribution >= 0.6 is 11.3 Å². The van der Waals surface area contributed by atoms with Crippen molar-refractivity contribution < 1.29 is 9.90 Å². The van der Waals surface area contributed by atoms with Crippen LogP contribution in [0.25, 0.3) is 0 Å². The van der Waals surface area contributed by atoms with Gasteiger partial charge < -0.3 is 9.67 Å². The monoisotopic (exact) mass is 249 g/mol.